The number of alkyl halides is 1. The predicted molar refractivity (Wildman–Crippen MR) is 56.8 cm³/mol. The largest absolute Gasteiger partial charge is 0.295 e. The fourth-order valence-electron chi connectivity index (χ4n) is 1.08. The Kier molecular flexibility index (Phi) is 4.93. The molecular weight excluding hydrogens is 230 g/mol. The van der Waals surface area contributed by atoms with E-state index >= 15 is 0 Å². The van der Waals surface area contributed by atoms with Gasteiger partial charge in [0, 0.05) is 24.3 Å². The van der Waals surface area contributed by atoms with Crippen LogP contribution in [0.3, 0.4) is 0 Å². The lowest BCUT2D eigenvalue weighted by Crippen LogP contribution is -2.25. The smallest absolute Gasteiger partial charge is 0.142 e. The van der Waals surface area contributed by atoms with E-state index in [1.54, 1.807) is 12.4 Å². The molecule has 1 heterocycles. The van der Waals surface area contributed by atoms with E-state index in [9.17, 15) is 0 Å². The lowest BCUT2D eigenvalue weighted by atomic mass is 10.4. The van der Waals surface area contributed by atoms with Gasteiger partial charge in [-0.1, -0.05) is 22.9 Å². The van der Waals surface area contributed by atoms with E-state index in [-0.39, 0.29) is 0 Å². The van der Waals surface area contributed by atoms with Crippen LogP contribution in [0.5, 0.6) is 0 Å². The van der Waals surface area contributed by atoms with Crippen LogP contribution in [0.1, 0.15) is 12.7 Å². The molecule has 0 atom stereocenters. The van der Waals surface area contributed by atoms with Gasteiger partial charge in [-0.2, -0.15) is 0 Å². The van der Waals surface area contributed by atoms with Crippen molar-refractivity contribution in [3.05, 3.63) is 24.3 Å². The van der Waals surface area contributed by atoms with E-state index in [1.165, 1.54) is 0 Å². The minimum absolute atomic E-state index is 0.836. The molecule has 0 aliphatic heterocycles. The Bertz CT molecular complexity index is 228. The second-order valence-corrected chi connectivity index (χ2v) is 3.52. The summed E-state index contributed by atoms with van der Waals surface area (Å²) in [7, 11) is 0. The van der Waals surface area contributed by atoms with Gasteiger partial charge < -0.3 is 0 Å². The SMILES string of the molecule is CCN(CCBr)Cc1ncccn1. The molecule has 0 aromatic carbocycles. The first kappa shape index (κ1) is 10.6. The Morgan fingerprint density at radius 1 is 1.38 bits per heavy atom. The maximum Gasteiger partial charge on any atom is 0.142 e. The second-order valence-electron chi connectivity index (χ2n) is 2.72. The second kappa shape index (κ2) is 6.05. The third kappa shape index (κ3) is 3.83. The maximum absolute atomic E-state index is 4.18. The summed E-state index contributed by atoms with van der Waals surface area (Å²) in [5, 5.41) is 0.994. The third-order valence-corrected chi connectivity index (χ3v) is 2.19. The summed E-state index contributed by atoms with van der Waals surface area (Å²) < 4.78 is 0. The lowest BCUT2D eigenvalue weighted by Gasteiger charge is -2.17. The van der Waals surface area contributed by atoms with E-state index in [2.05, 4.69) is 37.7 Å². The zero-order valence-electron chi connectivity index (χ0n) is 7.78. The Balaban J connectivity index is 2.46. The molecule has 0 fully saturated rings. The summed E-state index contributed by atoms with van der Waals surface area (Å²) in [6, 6.07) is 1.84. The fraction of sp³-hybridized carbons (Fsp3) is 0.556. The van der Waals surface area contributed by atoms with Crippen LogP contribution >= 0.6 is 15.9 Å². The number of aromatic nitrogens is 2. The van der Waals surface area contributed by atoms with Gasteiger partial charge in [0.1, 0.15) is 5.82 Å². The zero-order valence-corrected chi connectivity index (χ0v) is 9.37. The first-order chi connectivity index (χ1) is 6.36. The highest BCUT2D eigenvalue weighted by Crippen LogP contribution is 1.98. The van der Waals surface area contributed by atoms with E-state index in [0.29, 0.717) is 0 Å². The quantitative estimate of drug-likeness (QED) is 0.738. The molecule has 0 aliphatic rings. The zero-order chi connectivity index (χ0) is 9.52. The summed E-state index contributed by atoms with van der Waals surface area (Å²) in [5.74, 6) is 0.894. The van der Waals surface area contributed by atoms with Gasteiger partial charge in [0.2, 0.25) is 0 Å². The summed E-state index contributed by atoms with van der Waals surface area (Å²) in [4.78, 5) is 10.7. The number of halogens is 1. The fourth-order valence-corrected chi connectivity index (χ4v) is 1.58. The number of hydrogen-bond donors (Lipinski definition) is 0. The Labute approximate surface area is 87.3 Å². The summed E-state index contributed by atoms with van der Waals surface area (Å²) in [6.45, 7) is 5.05. The first-order valence-corrected chi connectivity index (χ1v) is 5.53. The van der Waals surface area contributed by atoms with Crippen molar-refractivity contribution < 1.29 is 0 Å². The van der Waals surface area contributed by atoms with Gasteiger partial charge in [-0.3, -0.25) is 4.90 Å². The molecule has 0 unspecified atom stereocenters. The molecule has 0 saturated carbocycles. The molecule has 1 aromatic rings. The Morgan fingerprint density at radius 2 is 2.08 bits per heavy atom. The van der Waals surface area contributed by atoms with E-state index in [1.807, 2.05) is 6.07 Å². The summed E-state index contributed by atoms with van der Waals surface area (Å²) >= 11 is 3.42. The van der Waals surface area contributed by atoms with Crippen molar-refractivity contribution in [2.45, 2.75) is 13.5 Å². The molecule has 13 heavy (non-hydrogen) atoms. The molecule has 72 valence electrons. The van der Waals surface area contributed by atoms with Crippen molar-refractivity contribution in [1.29, 1.82) is 0 Å². The van der Waals surface area contributed by atoms with Crippen LogP contribution < -0.4 is 0 Å². The molecular formula is C9H14BrN3. The molecule has 0 aliphatic carbocycles. The van der Waals surface area contributed by atoms with Gasteiger partial charge in [-0.15, -0.1) is 0 Å². The van der Waals surface area contributed by atoms with Crippen LogP contribution in [0.15, 0.2) is 18.5 Å². The monoisotopic (exact) mass is 243 g/mol. The van der Waals surface area contributed by atoms with Crippen molar-refractivity contribution >= 4 is 15.9 Å². The molecule has 0 bridgehead atoms. The Hall–Kier alpha value is -0.480. The van der Waals surface area contributed by atoms with Gasteiger partial charge in [-0.25, -0.2) is 9.97 Å². The molecule has 0 radical (unpaired) electrons. The highest BCUT2D eigenvalue weighted by Gasteiger charge is 2.03. The topological polar surface area (TPSA) is 29.0 Å². The summed E-state index contributed by atoms with van der Waals surface area (Å²) in [6.07, 6.45) is 3.56. The summed E-state index contributed by atoms with van der Waals surface area (Å²) in [5.41, 5.74) is 0. The number of rotatable bonds is 5. The van der Waals surface area contributed by atoms with Crippen LogP contribution in [0.25, 0.3) is 0 Å². The van der Waals surface area contributed by atoms with Crippen LogP contribution in [-0.4, -0.2) is 33.3 Å². The molecule has 0 saturated heterocycles. The van der Waals surface area contributed by atoms with Crippen molar-refractivity contribution in [2.75, 3.05) is 18.4 Å². The van der Waals surface area contributed by atoms with E-state index in [4.69, 9.17) is 0 Å². The third-order valence-electron chi connectivity index (χ3n) is 1.83. The highest BCUT2D eigenvalue weighted by atomic mass is 79.9. The minimum Gasteiger partial charge on any atom is -0.295 e. The molecule has 4 heteroatoms. The van der Waals surface area contributed by atoms with Crippen LogP contribution in [0.2, 0.25) is 0 Å². The van der Waals surface area contributed by atoms with Crippen molar-refractivity contribution in [3.63, 3.8) is 0 Å². The van der Waals surface area contributed by atoms with Crippen molar-refractivity contribution in [2.24, 2.45) is 0 Å². The number of nitrogens with zero attached hydrogens (tertiary/aromatic N) is 3. The molecule has 3 nitrogen and oxygen atoms in total. The van der Waals surface area contributed by atoms with Crippen molar-refractivity contribution in [3.8, 4) is 0 Å². The molecule has 1 aromatic heterocycles. The standard InChI is InChI=1S/C9H14BrN3/c1-2-13(7-4-10)8-9-11-5-3-6-12-9/h3,5-6H,2,4,7-8H2,1H3. The number of hydrogen-bond acceptors (Lipinski definition) is 3. The van der Waals surface area contributed by atoms with Gasteiger partial charge in [0.25, 0.3) is 0 Å². The van der Waals surface area contributed by atoms with Gasteiger partial charge >= 0.3 is 0 Å². The van der Waals surface area contributed by atoms with Crippen LogP contribution in [-0.2, 0) is 6.54 Å². The van der Waals surface area contributed by atoms with Crippen LogP contribution in [0, 0.1) is 0 Å². The average molecular weight is 244 g/mol. The first-order valence-electron chi connectivity index (χ1n) is 4.41. The lowest BCUT2D eigenvalue weighted by molar-refractivity contribution is 0.291. The highest BCUT2D eigenvalue weighted by molar-refractivity contribution is 9.09. The van der Waals surface area contributed by atoms with Crippen molar-refractivity contribution in [1.82, 2.24) is 14.9 Å². The molecule has 0 amide bonds. The molecule has 0 spiro atoms. The molecule has 0 N–H and O–H groups in total. The predicted octanol–water partition coefficient (Wildman–Crippen LogP) is 1.69. The molecule has 1 rings (SSSR count). The van der Waals surface area contributed by atoms with E-state index < -0.39 is 0 Å². The normalized spacial score (nSPS) is 10.7. The van der Waals surface area contributed by atoms with Gasteiger partial charge in [-0.05, 0) is 12.6 Å². The van der Waals surface area contributed by atoms with Gasteiger partial charge in [0.15, 0.2) is 0 Å². The Morgan fingerprint density at radius 3 is 2.62 bits per heavy atom. The minimum atomic E-state index is 0.836. The average Bonchev–Trinajstić information content (AvgIpc) is 2.19. The van der Waals surface area contributed by atoms with Crippen LogP contribution in [0.4, 0.5) is 0 Å². The van der Waals surface area contributed by atoms with E-state index in [0.717, 1.165) is 30.8 Å². The van der Waals surface area contributed by atoms with Gasteiger partial charge in [0.05, 0.1) is 6.54 Å². The maximum atomic E-state index is 4.18.